The van der Waals surface area contributed by atoms with E-state index in [2.05, 4.69) is 11.1 Å². The molecule has 0 atom stereocenters. The van der Waals surface area contributed by atoms with Gasteiger partial charge in [0.1, 0.15) is 28.8 Å². The van der Waals surface area contributed by atoms with Crippen LogP contribution in [-0.4, -0.2) is 15.8 Å². The Morgan fingerprint density at radius 1 is 1.15 bits per heavy atom. The lowest BCUT2D eigenvalue weighted by molar-refractivity contribution is 0.552. The Balaban J connectivity index is 1.78. The van der Waals surface area contributed by atoms with Crippen LogP contribution in [-0.2, 0) is 6.54 Å². The van der Waals surface area contributed by atoms with E-state index < -0.39 is 17.3 Å². The van der Waals surface area contributed by atoms with E-state index in [0.29, 0.717) is 32.1 Å². The predicted molar refractivity (Wildman–Crippen MR) is 125 cm³/mol. The van der Waals surface area contributed by atoms with Crippen LogP contribution in [0.25, 0.3) is 43.9 Å². The second-order valence-electron chi connectivity index (χ2n) is 7.73. The molecular formula is C25H13F2N3O3S. The van der Waals surface area contributed by atoms with E-state index >= 15 is 8.78 Å². The minimum atomic E-state index is -0.695. The van der Waals surface area contributed by atoms with Crippen LogP contribution in [0.2, 0.25) is 0 Å². The van der Waals surface area contributed by atoms with Gasteiger partial charge in [-0.05, 0) is 42.7 Å². The fourth-order valence-corrected chi connectivity index (χ4v) is 5.04. The quantitative estimate of drug-likeness (QED) is 0.295. The first-order valence-electron chi connectivity index (χ1n) is 10.2. The summed E-state index contributed by atoms with van der Waals surface area (Å²) in [6, 6.07) is 11.1. The molecule has 0 saturated carbocycles. The van der Waals surface area contributed by atoms with E-state index in [0.717, 1.165) is 0 Å². The van der Waals surface area contributed by atoms with Crippen LogP contribution >= 0.6 is 11.8 Å². The minimum absolute atomic E-state index is 0.128. The Bertz CT molecular complexity index is 1900. The fraction of sp³-hybridized carbons (Fsp3) is 0.0800. The van der Waals surface area contributed by atoms with Gasteiger partial charge in [0, 0.05) is 27.4 Å². The Hall–Kier alpha value is -4.16. The molecule has 0 bridgehead atoms. The summed E-state index contributed by atoms with van der Waals surface area (Å²) in [6.45, 7) is -0.128. The van der Waals surface area contributed by atoms with Gasteiger partial charge in [0.05, 0.1) is 34.7 Å². The van der Waals surface area contributed by atoms with Crippen molar-refractivity contribution >= 4 is 55.6 Å². The molecule has 0 spiro atoms. The standard InChI is InChI=1S/C25H13F2N3O3S/c1-34-19-9-16(26)13(7-12(19)10-28)11-30-18-8-17(27)14-4-6-32-23(14)21(18)20-15-3-2-5-29-24(15)33-25(31)22(20)30/h2-9H,11H2,1H3. The highest BCUT2D eigenvalue weighted by atomic mass is 32.2. The summed E-state index contributed by atoms with van der Waals surface area (Å²) >= 11 is 1.26. The Labute approximate surface area is 194 Å². The number of halogens is 2. The topological polar surface area (TPSA) is 85.0 Å². The molecule has 9 heteroatoms. The fourth-order valence-electron chi connectivity index (χ4n) is 4.49. The molecule has 6 rings (SSSR count). The van der Waals surface area contributed by atoms with Crippen molar-refractivity contribution < 1.29 is 17.6 Å². The first-order valence-corrected chi connectivity index (χ1v) is 11.4. The molecule has 166 valence electrons. The van der Waals surface area contributed by atoms with Crippen LogP contribution in [0, 0.1) is 23.0 Å². The molecule has 0 amide bonds. The highest BCUT2D eigenvalue weighted by molar-refractivity contribution is 7.98. The number of nitrogens with zero attached hydrogens (tertiary/aromatic N) is 3. The Morgan fingerprint density at radius 2 is 2.00 bits per heavy atom. The maximum Gasteiger partial charge on any atom is 0.362 e. The summed E-state index contributed by atoms with van der Waals surface area (Å²) in [5.41, 5.74) is 0.663. The van der Waals surface area contributed by atoms with Crippen LogP contribution < -0.4 is 5.63 Å². The van der Waals surface area contributed by atoms with Crippen molar-refractivity contribution in [1.29, 1.82) is 5.26 Å². The van der Waals surface area contributed by atoms with Crippen molar-refractivity contribution in [3.8, 4) is 6.07 Å². The zero-order valence-electron chi connectivity index (χ0n) is 17.6. The zero-order chi connectivity index (χ0) is 23.6. The lowest BCUT2D eigenvalue weighted by atomic mass is 10.1. The van der Waals surface area contributed by atoms with E-state index in [4.69, 9.17) is 8.83 Å². The maximum atomic E-state index is 15.0. The Kier molecular flexibility index (Phi) is 4.47. The van der Waals surface area contributed by atoms with Crippen LogP contribution in [0.5, 0.6) is 0 Å². The van der Waals surface area contributed by atoms with Crippen LogP contribution in [0.1, 0.15) is 11.1 Å². The molecular weight excluding hydrogens is 460 g/mol. The normalized spacial score (nSPS) is 11.7. The lowest BCUT2D eigenvalue weighted by Crippen LogP contribution is -2.10. The number of fused-ring (bicyclic) bond motifs is 7. The molecule has 2 aromatic carbocycles. The van der Waals surface area contributed by atoms with Gasteiger partial charge >= 0.3 is 5.63 Å². The molecule has 0 fully saturated rings. The second-order valence-corrected chi connectivity index (χ2v) is 8.58. The zero-order valence-corrected chi connectivity index (χ0v) is 18.4. The molecule has 6 aromatic rings. The van der Waals surface area contributed by atoms with Crippen molar-refractivity contribution in [2.75, 3.05) is 6.26 Å². The van der Waals surface area contributed by atoms with Crippen LogP contribution in [0.15, 0.2) is 67.4 Å². The molecule has 0 aliphatic heterocycles. The third-order valence-corrected chi connectivity index (χ3v) is 6.73. The summed E-state index contributed by atoms with van der Waals surface area (Å²) in [5.74, 6) is -1.08. The summed E-state index contributed by atoms with van der Waals surface area (Å²) in [4.78, 5) is 17.8. The number of aromatic nitrogens is 2. The monoisotopic (exact) mass is 473 g/mol. The van der Waals surface area contributed by atoms with E-state index in [1.807, 2.05) is 0 Å². The van der Waals surface area contributed by atoms with Crippen molar-refractivity contribution in [3.05, 3.63) is 82.0 Å². The molecule has 0 aliphatic rings. The number of hydrogen-bond donors (Lipinski definition) is 0. The molecule has 6 nitrogen and oxygen atoms in total. The SMILES string of the molecule is CSc1cc(F)c(Cn2c3cc(F)c4ccoc4c3c3c4cccnc4oc(=O)c32)cc1C#N. The van der Waals surface area contributed by atoms with E-state index in [1.165, 1.54) is 53.1 Å². The third-order valence-electron chi connectivity index (χ3n) is 5.96. The number of furan rings is 1. The van der Waals surface area contributed by atoms with Gasteiger partial charge in [-0.2, -0.15) is 5.26 Å². The third kappa shape index (κ3) is 2.79. The van der Waals surface area contributed by atoms with E-state index in [9.17, 15) is 10.1 Å². The molecule has 0 aliphatic carbocycles. The van der Waals surface area contributed by atoms with Gasteiger partial charge in [0.2, 0.25) is 5.71 Å². The number of benzene rings is 2. The smallest absolute Gasteiger partial charge is 0.362 e. The van der Waals surface area contributed by atoms with Gasteiger partial charge in [0.25, 0.3) is 0 Å². The summed E-state index contributed by atoms with van der Waals surface area (Å²) in [6.07, 6.45) is 4.64. The highest BCUT2D eigenvalue weighted by Gasteiger charge is 2.24. The molecule has 4 aromatic heterocycles. The first-order chi connectivity index (χ1) is 16.5. The molecule has 4 heterocycles. The Morgan fingerprint density at radius 3 is 2.79 bits per heavy atom. The first kappa shape index (κ1) is 20.4. The maximum absolute atomic E-state index is 15.0. The van der Waals surface area contributed by atoms with Gasteiger partial charge < -0.3 is 13.4 Å². The number of hydrogen-bond acceptors (Lipinski definition) is 6. The number of nitriles is 1. The van der Waals surface area contributed by atoms with Gasteiger partial charge in [-0.25, -0.2) is 18.6 Å². The molecule has 0 N–H and O–H groups in total. The van der Waals surface area contributed by atoms with Crippen molar-refractivity contribution in [2.24, 2.45) is 0 Å². The van der Waals surface area contributed by atoms with Crippen molar-refractivity contribution in [3.63, 3.8) is 0 Å². The van der Waals surface area contributed by atoms with Crippen LogP contribution in [0.3, 0.4) is 0 Å². The highest BCUT2D eigenvalue weighted by Crippen LogP contribution is 2.39. The van der Waals surface area contributed by atoms with Gasteiger partial charge in [-0.15, -0.1) is 11.8 Å². The summed E-state index contributed by atoms with van der Waals surface area (Å²) in [7, 11) is 0. The average Bonchev–Trinajstić information content (AvgIpc) is 3.44. The molecule has 0 saturated heterocycles. The largest absolute Gasteiger partial charge is 0.463 e. The van der Waals surface area contributed by atoms with Gasteiger partial charge in [0.15, 0.2) is 0 Å². The number of pyridine rings is 1. The molecule has 0 unspecified atom stereocenters. The number of thioether (sulfide) groups is 1. The van der Waals surface area contributed by atoms with Crippen molar-refractivity contribution in [2.45, 2.75) is 11.4 Å². The van der Waals surface area contributed by atoms with Gasteiger partial charge in [-0.3, -0.25) is 0 Å². The molecule has 34 heavy (non-hydrogen) atoms. The lowest BCUT2D eigenvalue weighted by Gasteiger charge is -2.11. The van der Waals surface area contributed by atoms with Crippen LogP contribution in [0.4, 0.5) is 8.78 Å². The van der Waals surface area contributed by atoms with E-state index in [1.54, 1.807) is 18.4 Å². The van der Waals surface area contributed by atoms with E-state index in [-0.39, 0.29) is 34.3 Å². The van der Waals surface area contributed by atoms with Gasteiger partial charge in [-0.1, -0.05) is 0 Å². The van der Waals surface area contributed by atoms with Crippen molar-refractivity contribution in [1.82, 2.24) is 9.55 Å². The number of rotatable bonds is 3. The summed E-state index contributed by atoms with van der Waals surface area (Å²) in [5, 5.41) is 11.3. The minimum Gasteiger partial charge on any atom is -0.463 e. The average molecular weight is 473 g/mol. The predicted octanol–water partition coefficient (Wildman–Crippen LogP) is 5.96. The second kappa shape index (κ2) is 7.43. The summed E-state index contributed by atoms with van der Waals surface area (Å²) < 4.78 is 42.6. The molecule has 0 radical (unpaired) electrons.